The number of amides is 2. The van der Waals surface area contributed by atoms with Crippen LogP contribution in [0, 0.1) is 0 Å². The van der Waals surface area contributed by atoms with Crippen LogP contribution in [0.4, 0.5) is 9.59 Å². The van der Waals surface area contributed by atoms with Crippen molar-refractivity contribution in [2.45, 2.75) is 168 Å². The molecule has 0 unspecified atom stereocenters. The number of nitrogens with zero attached hydrogens (tertiary/aromatic N) is 2. The number of carbonyl (C=O) groups excluding carboxylic acids is 2. The van der Waals surface area contributed by atoms with E-state index in [4.69, 9.17) is 9.47 Å². The molecule has 250 valence electrons. The zero-order valence-corrected chi connectivity index (χ0v) is 29.3. The fourth-order valence-corrected chi connectivity index (χ4v) is 5.40. The number of ether oxygens (including phenoxy) is 2. The Bertz CT molecular complexity index is 582. The molecule has 0 aliphatic heterocycles. The van der Waals surface area contributed by atoms with Gasteiger partial charge in [0.1, 0.15) is 0 Å². The average Bonchev–Trinajstić information content (AvgIpc) is 2.96. The van der Waals surface area contributed by atoms with E-state index in [0.717, 1.165) is 51.6 Å². The Hall–Kier alpha value is -1.14. The van der Waals surface area contributed by atoms with Gasteiger partial charge in [0.05, 0.1) is 54.5 Å². The van der Waals surface area contributed by atoms with Crippen LogP contribution in [0.3, 0.4) is 0 Å². The lowest BCUT2D eigenvalue weighted by atomic mass is 10.1. The molecule has 0 aliphatic rings. The molecular formula is C36H74N2O4+2. The van der Waals surface area contributed by atoms with Crippen LogP contribution in [0.5, 0.6) is 0 Å². The number of carbonyl (C=O) groups is 2. The van der Waals surface area contributed by atoms with Crippen molar-refractivity contribution >= 4 is 12.2 Å². The Morgan fingerprint density at radius 1 is 0.381 bits per heavy atom. The number of hydrogen-bond donors (Lipinski definition) is 0. The summed E-state index contributed by atoms with van der Waals surface area (Å²) in [4.78, 5) is 25.1. The summed E-state index contributed by atoms with van der Waals surface area (Å²) in [6, 6.07) is 0. The Morgan fingerprint density at radius 2 is 0.619 bits per heavy atom. The lowest BCUT2D eigenvalue weighted by Crippen LogP contribution is -2.46. The van der Waals surface area contributed by atoms with Crippen molar-refractivity contribution in [2.24, 2.45) is 0 Å². The van der Waals surface area contributed by atoms with Crippen LogP contribution < -0.4 is 0 Å². The molecule has 2 amide bonds. The molecule has 0 atom stereocenters. The first-order valence-electron chi connectivity index (χ1n) is 18.2. The smallest absolute Gasteiger partial charge is 0.420 e. The maximum Gasteiger partial charge on any atom is 0.515 e. The largest absolute Gasteiger partial charge is 0.515 e. The third kappa shape index (κ3) is 24.3. The minimum Gasteiger partial charge on any atom is -0.420 e. The highest BCUT2D eigenvalue weighted by Crippen LogP contribution is 2.14. The van der Waals surface area contributed by atoms with Gasteiger partial charge in [-0.15, -0.1) is 0 Å². The van der Waals surface area contributed by atoms with Crippen LogP contribution in [0.25, 0.3) is 0 Å². The molecule has 0 N–H and O–H groups in total. The summed E-state index contributed by atoms with van der Waals surface area (Å²) in [5.41, 5.74) is 0. The van der Waals surface area contributed by atoms with Gasteiger partial charge in [-0.3, -0.25) is 0 Å². The van der Waals surface area contributed by atoms with Crippen LogP contribution in [-0.2, 0) is 9.47 Å². The number of hydrogen-bond acceptors (Lipinski definition) is 4. The second kappa shape index (κ2) is 27.4. The quantitative estimate of drug-likeness (QED) is 0.0635. The van der Waals surface area contributed by atoms with Crippen LogP contribution in [-0.4, -0.2) is 75.6 Å². The van der Waals surface area contributed by atoms with Crippen molar-refractivity contribution in [1.82, 2.24) is 0 Å². The highest BCUT2D eigenvalue weighted by Gasteiger charge is 2.28. The van der Waals surface area contributed by atoms with Crippen LogP contribution >= 0.6 is 0 Å². The highest BCUT2D eigenvalue weighted by molar-refractivity contribution is 5.59. The molecule has 0 aromatic heterocycles. The van der Waals surface area contributed by atoms with Gasteiger partial charge >= 0.3 is 12.2 Å². The second-order valence-corrected chi connectivity index (χ2v) is 13.8. The number of quaternary nitrogens is 2. The zero-order valence-electron chi connectivity index (χ0n) is 29.3. The Kier molecular flexibility index (Phi) is 26.7. The van der Waals surface area contributed by atoms with Gasteiger partial charge in [-0.2, -0.15) is 9.59 Å². The summed E-state index contributed by atoms with van der Waals surface area (Å²) in [6.07, 6.45) is 29.5. The summed E-state index contributed by atoms with van der Waals surface area (Å²) < 4.78 is 11.8. The van der Waals surface area contributed by atoms with Crippen molar-refractivity contribution in [3.63, 3.8) is 0 Å². The van der Waals surface area contributed by atoms with Gasteiger partial charge in [0.25, 0.3) is 0 Å². The standard InChI is InChI=1S/C36H74N2O4/c1-7-9-11-13-15-17-19-21-23-27-31-37(3,4)35(39)41-33-29-25-26-30-34-42-36(40)38(5,6)32-28-24-22-20-18-16-14-12-10-8-2/h7-34H2,1-6H3/q+2. The predicted octanol–water partition coefficient (Wildman–Crippen LogP) is 10.8. The first-order chi connectivity index (χ1) is 20.2. The maximum absolute atomic E-state index is 12.5. The molecule has 0 saturated carbocycles. The lowest BCUT2D eigenvalue weighted by molar-refractivity contribution is -0.817. The van der Waals surface area contributed by atoms with Gasteiger partial charge in [0.15, 0.2) is 0 Å². The van der Waals surface area contributed by atoms with Crippen molar-refractivity contribution in [2.75, 3.05) is 54.5 Å². The summed E-state index contributed by atoms with van der Waals surface area (Å²) in [7, 11) is 7.84. The molecule has 0 spiro atoms. The number of rotatable bonds is 29. The molecule has 0 heterocycles. The molecule has 0 aliphatic carbocycles. The van der Waals surface area contributed by atoms with E-state index in [1.165, 1.54) is 116 Å². The lowest BCUT2D eigenvalue weighted by Gasteiger charge is -2.25. The van der Waals surface area contributed by atoms with Crippen molar-refractivity contribution in [1.29, 1.82) is 0 Å². The van der Waals surface area contributed by atoms with E-state index < -0.39 is 0 Å². The van der Waals surface area contributed by atoms with Crippen LogP contribution in [0.15, 0.2) is 0 Å². The van der Waals surface area contributed by atoms with Crippen molar-refractivity contribution in [3.8, 4) is 0 Å². The SMILES string of the molecule is CCCCCCCCCCCC[N+](C)(C)C(=O)OCCCCCCOC(=O)[N+](C)(C)CCCCCCCCCCCC. The molecule has 0 aromatic rings. The molecule has 6 heteroatoms. The van der Waals surface area contributed by atoms with E-state index in [-0.39, 0.29) is 12.2 Å². The summed E-state index contributed by atoms with van der Waals surface area (Å²) in [6.45, 7) is 7.16. The minimum atomic E-state index is -0.123. The molecule has 0 aromatic carbocycles. The Labute approximate surface area is 262 Å². The zero-order chi connectivity index (χ0) is 31.4. The van der Waals surface area contributed by atoms with Crippen LogP contribution in [0.1, 0.15) is 168 Å². The van der Waals surface area contributed by atoms with E-state index in [2.05, 4.69) is 13.8 Å². The summed E-state index contributed by atoms with van der Waals surface area (Å²) in [5, 5.41) is 0. The molecular weight excluding hydrogens is 524 g/mol. The normalized spacial score (nSPS) is 12.0. The Morgan fingerprint density at radius 3 is 0.905 bits per heavy atom. The monoisotopic (exact) mass is 599 g/mol. The van der Waals surface area contributed by atoms with Gasteiger partial charge in [-0.05, 0) is 51.4 Å². The average molecular weight is 599 g/mol. The van der Waals surface area contributed by atoms with E-state index in [1.54, 1.807) is 0 Å². The van der Waals surface area contributed by atoms with Gasteiger partial charge < -0.3 is 9.47 Å². The second-order valence-electron chi connectivity index (χ2n) is 13.8. The molecule has 6 nitrogen and oxygen atoms in total. The summed E-state index contributed by atoms with van der Waals surface area (Å²) >= 11 is 0. The van der Waals surface area contributed by atoms with Gasteiger partial charge in [0.2, 0.25) is 0 Å². The van der Waals surface area contributed by atoms with E-state index in [0.29, 0.717) is 22.2 Å². The first kappa shape index (κ1) is 40.9. The first-order valence-corrected chi connectivity index (χ1v) is 18.2. The van der Waals surface area contributed by atoms with Gasteiger partial charge in [-0.25, -0.2) is 8.97 Å². The van der Waals surface area contributed by atoms with Crippen molar-refractivity contribution in [3.05, 3.63) is 0 Å². The molecule has 0 fully saturated rings. The van der Waals surface area contributed by atoms with Gasteiger partial charge in [-0.1, -0.05) is 117 Å². The topological polar surface area (TPSA) is 52.6 Å². The van der Waals surface area contributed by atoms with E-state index >= 15 is 0 Å². The predicted molar refractivity (Wildman–Crippen MR) is 179 cm³/mol. The molecule has 0 rings (SSSR count). The molecule has 42 heavy (non-hydrogen) atoms. The fourth-order valence-electron chi connectivity index (χ4n) is 5.40. The highest BCUT2D eigenvalue weighted by atomic mass is 16.6. The van der Waals surface area contributed by atoms with E-state index in [1.807, 2.05) is 28.2 Å². The van der Waals surface area contributed by atoms with Crippen molar-refractivity contribution < 1.29 is 28.0 Å². The van der Waals surface area contributed by atoms with E-state index in [9.17, 15) is 9.59 Å². The van der Waals surface area contributed by atoms with Gasteiger partial charge in [0, 0.05) is 0 Å². The fraction of sp³-hybridized carbons (Fsp3) is 0.944. The van der Waals surface area contributed by atoms with Crippen LogP contribution in [0.2, 0.25) is 0 Å². The minimum absolute atomic E-state index is 0.123. The maximum atomic E-state index is 12.5. The third-order valence-electron chi connectivity index (χ3n) is 8.62. The molecule has 0 radical (unpaired) electrons. The molecule has 0 saturated heterocycles. The summed E-state index contributed by atoms with van der Waals surface area (Å²) in [5.74, 6) is 0. The third-order valence-corrected chi connectivity index (χ3v) is 8.62. The number of unbranched alkanes of at least 4 members (excludes halogenated alkanes) is 21. The molecule has 0 bridgehead atoms. The Balaban J connectivity index is 3.71.